The lowest BCUT2D eigenvalue weighted by Gasteiger charge is -2.39. The van der Waals surface area contributed by atoms with E-state index in [1.807, 2.05) is 26.0 Å². The Labute approximate surface area is 112 Å². The summed E-state index contributed by atoms with van der Waals surface area (Å²) in [5.74, 6) is -1.38. The van der Waals surface area contributed by atoms with Crippen molar-refractivity contribution in [3.05, 3.63) is 29.6 Å². The summed E-state index contributed by atoms with van der Waals surface area (Å²) in [7, 11) is 0. The summed E-state index contributed by atoms with van der Waals surface area (Å²) in [6.07, 6.45) is 2.38. The van der Waals surface area contributed by atoms with Crippen LogP contribution in [0.3, 0.4) is 0 Å². The van der Waals surface area contributed by atoms with Crippen molar-refractivity contribution in [2.45, 2.75) is 32.7 Å². The normalized spacial score (nSPS) is 23.5. The van der Waals surface area contributed by atoms with E-state index in [9.17, 15) is 14.7 Å². The number of piperidine rings is 1. The topological polar surface area (TPSA) is 70.5 Å². The summed E-state index contributed by atoms with van der Waals surface area (Å²) < 4.78 is 0. The van der Waals surface area contributed by atoms with Crippen LogP contribution >= 0.6 is 0 Å². The zero-order chi connectivity index (χ0) is 14.0. The molecular weight excluding hydrogens is 244 g/mol. The summed E-state index contributed by atoms with van der Waals surface area (Å²) in [6, 6.07) is 3.31. The second kappa shape index (κ2) is 5.38. The van der Waals surface area contributed by atoms with Crippen molar-refractivity contribution in [3.63, 3.8) is 0 Å². The van der Waals surface area contributed by atoms with Crippen LogP contribution in [-0.2, 0) is 9.59 Å². The third-order valence-corrected chi connectivity index (χ3v) is 3.64. The first kappa shape index (κ1) is 13.5. The van der Waals surface area contributed by atoms with E-state index in [0.29, 0.717) is 19.4 Å². The first-order valence-corrected chi connectivity index (χ1v) is 6.49. The van der Waals surface area contributed by atoms with Gasteiger partial charge < -0.3 is 10.0 Å². The fourth-order valence-electron chi connectivity index (χ4n) is 2.65. The highest BCUT2D eigenvalue weighted by Crippen LogP contribution is 2.36. The molecule has 0 radical (unpaired) electrons. The summed E-state index contributed by atoms with van der Waals surface area (Å²) in [4.78, 5) is 29.2. The molecule has 102 valence electrons. The summed E-state index contributed by atoms with van der Waals surface area (Å²) >= 11 is 0. The number of amides is 1. The third kappa shape index (κ3) is 2.59. The molecule has 1 fully saturated rings. The molecule has 0 saturated carbocycles. The maximum atomic E-state index is 12.0. The molecule has 0 spiro atoms. The number of hydrogen-bond donors (Lipinski definition) is 1. The second-order valence-corrected chi connectivity index (χ2v) is 4.84. The third-order valence-electron chi connectivity index (χ3n) is 3.64. The Morgan fingerprint density at radius 2 is 2.26 bits per heavy atom. The largest absolute Gasteiger partial charge is 0.481 e. The standard InChI is InChI=1S/C14H18N2O3/c1-3-16-12(17)7-6-11(14(18)19)13(16)10-5-4-9(2)15-8-10/h4-5,8,11,13H,3,6-7H2,1-2H3,(H,18,19). The fourth-order valence-corrected chi connectivity index (χ4v) is 2.65. The molecular formula is C14H18N2O3. The Hall–Kier alpha value is -1.91. The molecule has 2 rings (SSSR count). The molecule has 1 amide bonds. The van der Waals surface area contributed by atoms with Gasteiger partial charge >= 0.3 is 5.97 Å². The van der Waals surface area contributed by atoms with Crippen LogP contribution in [0, 0.1) is 12.8 Å². The van der Waals surface area contributed by atoms with Crippen LogP contribution in [0.2, 0.25) is 0 Å². The summed E-state index contributed by atoms with van der Waals surface area (Å²) in [5, 5.41) is 9.37. The molecule has 1 aliphatic heterocycles. The molecule has 19 heavy (non-hydrogen) atoms. The lowest BCUT2D eigenvalue weighted by molar-refractivity contribution is -0.151. The van der Waals surface area contributed by atoms with Crippen LogP contribution in [0.25, 0.3) is 0 Å². The van der Waals surface area contributed by atoms with Gasteiger partial charge in [-0.15, -0.1) is 0 Å². The minimum Gasteiger partial charge on any atom is -0.481 e. The Morgan fingerprint density at radius 1 is 1.53 bits per heavy atom. The minimum absolute atomic E-state index is 0.0191. The first-order valence-electron chi connectivity index (χ1n) is 6.49. The van der Waals surface area contributed by atoms with Crippen LogP contribution in [-0.4, -0.2) is 33.4 Å². The molecule has 5 heteroatoms. The monoisotopic (exact) mass is 262 g/mol. The van der Waals surface area contributed by atoms with Crippen molar-refractivity contribution in [1.82, 2.24) is 9.88 Å². The minimum atomic E-state index is -0.850. The van der Waals surface area contributed by atoms with Crippen molar-refractivity contribution >= 4 is 11.9 Å². The maximum absolute atomic E-state index is 12.0. The van der Waals surface area contributed by atoms with Gasteiger partial charge in [-0.05, 0) is 31.9 Å². The maximum Gasteiger partial charge on any atom is 0.308 e. The van der Waals surface area contributed by atoms with Crippen LogP contribution < -0.4 is 0 Å². The highest BCUT2D eigenvalue weighted by Gasteiger charge is 2.40. The summed E-state index contributed by atoms with van der Waals surface area (Å²) in [6.45, 7) is 4.26. The number of carbonyl (C=O) groups is 2. The van der Waals surface area contributed by atoms with Gasteiger partial charge in [-0.1, -0.05) is 6.07 Å². The molecule has 0 bridgehead atoms. The molecule has 2 unspecified atom stereocenters. The van der Waals surface area contributed by atoms with E-state index in [0.717, 1.165) is 11.3 Å². The predicted octanol–water partition coefficient (Wildman–Crippen LogP) is 1.77. The fraction of sp³-hybridized carbons (Fsp3) is 0.500. The number of carboxylic acid groups (broad SMARTS) is 1. The lowest BCUT2D eigenvalue weighted by atomic mass is 9.85. The zero-order valence-electron chi connectivity index (χ0n) is 11.2. The molecule has 2 heterocycles. The molecule has 1 aromatic heterocycles. The van der Waals surface area contributed by atoms with Gasteiger partial charge in [0.25, 0.3) is 0 Å². The van der Waals surface area contributed by atoms with Crippen molar-refractivity contribution in [3.8, 4) is 0 Å². The quantitative estimate of drug-likeness (QED) is 0.901. The number of hydrogen-bond acceptors (Lipinski definition) is 3. The van der Waals surface area contributed by atoms with Crippen molar-refractivity contribution in [2.24, 2.45) is 5.92 Å². The van der Waals surface area contributed by atoms with E-state index >= 15 is 0 Å². The van der Waals surface area contributed by atoms with E-state index in [2.05, 4.69) is 4.98 Å². The number of nitrogens with zero attached hydrogens (tertiary/aromatic N) is 2. The molecule has 1 saturated heterocycles. The number of carboxylic acids is 1. The van der Waals surface area contributed by atoms with Crippen LogP contribution in [0.1, 0.15) is 37.1 Å². The molecule has 0 aromatic carbocycles. The number of aromatic nitrogens is 1. The Balaban J connectivity index is 2.40. The van der Waals surface area contributed by atoms with Gasteiger partial charge in [0.1, 0.15) is 0 Å². The highest BCUT2D eigenvalue weighted by molar-refractivity contribution is 5.81. The molecule has 1 N–H and O–H groups in total. The number of likely N-dealkylation sites (tertiary alicyclic amines) is 1. The molecule has 5 nitrogen and oxygen atoms in total. The molecule has 1 aromatic rings. The Morgan fingerprint density at radius 3 is 2.79 bits per heavy atom. The molecule has 1 aliphatic rings. The van der Waals surface area contributed by atoms with Crippen LogP contribution in [0.5, 0.6) is 0 Å². The van der Waals surface area contributed by atoms with Gasteiger partial charge in [-0.2, -0.15) is 0 Å². The van der Waals surface area contributed by atoms with Crippen molar-refractivity contribution in [1.29, 1.82) is 0 Å². The van der Waals surface area contributed by atoms with Gasteiger partial charge in [0.15, 0.2) is 0 Å². The van der Waals surface area contributed by atoms with Crippen molar-refractivity contribution < 1.29 is 14.7 Å². The molecule has 2 atom stereocenters. The molecule has 0 aliphatic carbocycles. The van der Waals surface area contributed by atoms with Gasteiger partial charge in [0.2, 0.25) is 5.91 Å². The summed E-state index contributed by atoms with van der Waals surface area (Å²) in [5.41, 5.74) is 1.67. The van der Waals surface area contributed by atoms with E-state index in [1.165, 1.54) is 0 Å². The lowest BCUT2D eigenvalue weighted by Crippen LogP contribution is -2.45. The van der Waals surface area contributed by atoms with Crippen molar-refractivity contribution in [2.75, 3.05) is 6.54 Å². The highest BCUT2D eigenvalue weighted by atomic mass is 16.4. The van der Waals surface area contributed by atoms with Crippen LogP contribution in [0.4, 0.5) is 0 Å². The number of aryl methyl sites for hydroxylation is 1. The van der Waals surface area contributed by atoms with E-state index in [1.54, 1.807) is 11.1 Å². The number of carbonyl (C=O) groups excluding carboxylic acids is 1. The number of aliphatic carboxylic acids is 1. The average Bonchev–Trinajstić information content (AvgIpc) is 2.39. The predicted molar refractivity (Wildman–Crippen MR) is 69.5 cm³/mol. The average molecular weight is 262 g/mol. The first-order chi connectivity index (χ1) is 9.04. The Bertz CT molecular complexity index is 482. The number of pyridine rings is 1. The van der Waals surface area contributed by atoms with Gasteiger partial charge in [0.05, 0.1) is 12.0 Å². The van der Waals surface area contributed by atoms with E-state index < -0.39 is 17.9 Å². The van der Waals surface area contributed by atoms with Gasteiger partial charge in [-0.3, -0.25) is 14.6 Å². The SMILES string of the molecule is CCN1C(=O)CCC(C(=O)O)C1c1ccc(C)nc1. The van der Waals surface area contributed by atoms with Gasteiger partial charge in [-0.25, -0.2) is 0 Å². The second-order valence-electron chi connectivity index (χ2n) is 4.84. The van der Waals surface area contributed by atoms with E-state index in [-0.39, 0.29) is 5.91 Å². The zero-order valence-corrected chi connectivity index (χ0v) is 11.2. The van der Waals surface area contributed by atoms with E-state index in [4.69, 9.17) is 0 Å². The van der Waals surface area contributed by atoms with Gasteiger partial charge in [0, 0.05) is 24.9 Å². The smallest absolute Gasteiger partial charge is 0.308 e. The van der Waals surface area contributed by atoms with Crippen LogP contribution in [0.15, 0.2) is 18.3 Å². The Kier molecular flexibility index (Phi) is 3.83. The number of rotatable bonds is 3.